The van der Waals surface area contributed by atoms with Crippen molar-refractivity contribution in [2.75, 3.05) is 6.54 Å². The molecule has 0 spiro atoms. The van der Waals surface area contributed by atoms with Crippen LogP contribution in [0.25, 0.3) is 5.65 Å². The average molecular weight is 431 g/mol. The van der Waals surface area contributed by atoms with Gasteiger partial charge in [0.25, 0.3) is 0 Å². The number of pyridine rings is 1. The van der Waals surface area contributed by atoms with Gasteiger partial charge in [-0.3, -0.25) is 9.78 Å². The number of aromatic nitrogens is 4. The van der Waals surface area contributed by atoms with Gasteiger partial charge in [0.2, 0.25) is 5.91 Å². The molecule has 1 saturated heterocycles. The molecule has 0 aliphatic carbocycles. The van der Waals surface area contributed by atoms with Gasteiger partial charge in [0.15, 0.2) is 5.65 Å². The Hall–Kier alpha value is -2.97. The standard InChI is InChI=1S/C22H24F3N5O/c1-14(2)16-11-19(22(23,24)25)30-20(27-16)12-17(28-30)18-6-4-10-29(18)21(31)8-7-15-5-3-9-26-13-15/h3,5,9,11-14,18H,4,6-8,10H2,1-2H3/t18-/m0/s1. The van der Waals surface area contributed by atoms with Crippen LogP contribution in [0.15, 0.2) is 36.7 Å². The molecule has 6 nitrogen and oxygen atoms in total. The van der Waals surface area contributed by atoms with Crippen molar-refractivity contribution in [1.29, 1.82) is 0 Å². The minimum absolute atomic E-state index is 0.0321. The Bertz CT molecular complexity index is 1080. The molecule has 1 aliphatic rings. The lowest BCUT2D eigenvalue weighted by molar-refractivity contribution is -0.142. The largest absolute Gasteiger partial charge is 0.433 e. The summed E-state index contributed by atoms with van der Waals surface area (Å²) in [4.78, 5) is 23.0. The Morgan fingerprint density at radius 1 is 1.29 bits per heavy atom. The monoisotopic (exact) mass is 431 g/mol. The zero-order valence-electron chi connectivity index (χ0n) is 17.4. The van der Waals surface area contributed by atoms with Crippen LogP contribution in [0.5, 0.6) is 0 Å². The van der Waals surface area contributed by atoms with E-state index in [4.69, 9.17) is 0 Å². The van der Waals surface area contributed by atoms with Gasteiger partial charge in [-0.05, 0) is 42.9 Å². The second-order valence-electron chi connectivity index (χ2n) is 8.16. The third-order valence-corrected chi connectivity index (χ3v) is 5.61. The van der Waals surface area contributed by atoms with Gasteiger partial charge in [-0.1, -0.05) is 19.9 Å². The zero-order chi connectivity index (χ0) is 22.2. The summed E-state index contributed by atoms with van der Waals surface area (Å²) in [5, 5.41) is 4.24. The molecule has 0 N–H and O–H groups in total. The number of likely N-dealkylation sites (tertiary alicyclic amines) is 1. The van der Waals surface area contributed by atoms with Gasteiger partial charge in [0, 0.05) is 37.1 Å². The molecule has 1 fully saturated rings. The SMILES string of the molecule is CC(C)c1cc(C(F)(F)F)n2nc([C@@H]3CCCN3C(=O)CCc3cccnc3)cc2n1. The first-order valence-corrected chi connectivity index (χ1v) is 10.4. The molecule has 0 bridgehead atoms. The summed E-state index contributed by atoms with van der Waals surface area (Å²) in [5.41, 5.74) is 1.09. The van der Waals surface area contributed by atoms with E-state index in [0.29, 0.717) is 37.2 Å². The van der Waals surface area contributed by atoms with Gasteiger partial charge in [-0.15, -0.1) is 0 Å². The number of hydrogen-bond donors (Lipinski definition) is 0. The first-order chi connectivity index (χ1) is 14.7. The zero-order valence-corrected chi connectivity index (χ0v) is 17.4. The molecule has 0 unspecified atom stereocenters. The van der Waals surface area contributed by atoms with E-state index in [9.17, 15) is 18.0 Å². The van der Waals surface area contributed by atoms with Gasteiger partial charge in [0.1, 0.15) is 5.69 Å². The van der Waals surface area contributed by atoms with Gasteiger partial charge >= 0.3 is 6.18 Å². The first kappa shape index (κ1) is 21.3. The summed E-state index contributed by atoms with van der Waals surface area (Å²) in [6, 6.07) is 6.04. The predicted molar refractivity (Wildman–Crippen MR) is 108 cm³/mol. The Morgan fingerprint density at radius 2 is 2.10 bits per heavy atom. The normalized spacial score (nSPS) is 17.1. The van der Waals surface area contributed by atoms with Crippen LogP contribution in [0, 0.1) is 0 Å². The molecule has 164 valence electrons. The van der Waals surface area contributed by atoms with E-state index in [2.05, 4.69) is 15.1 Å². The maximum Gasteiger partial charge on any atom is 0.433 e. The predicted octanol–water partition coefficient (Wildman–Crippen LogP) is 4.56. The Balaban J connectivity index is 1.62. The van der Waals surface area contributed by atoms with E-state index in [1.807, 2.05) is 12.1 Å². The molecule has 31 heavy (non-hydrogen) atoms. The van der Waals surface area contributed by atoms with Crippen molar-refractivity contribution in [1.82, 2.24) is 24.5 Å². The van der Waals surface area contributed by atoms with E-state index >= 15 is 0 Å². The van der Waals surface area contributed by atoms with Crippen molar-refractivity contribution in [2.45, 2.75) is 57.7 Å². The summed E-state index contributed by atoms with van der Waals surface area (Å²) in [7, 11) is 0. The second kappa shape index (κ2) is 8.28. The summed E-state index contributed by atoms with van der Waals surface area (Å²) >= 11 is 0. The highest BCUT2D eigenvalue weighted by atomic mass is 19.4. The van der Waals surface area contributed by atoms with Crippen molar-refractivity contribution in [3.8, 4) is 0 Å². The van der Waals surface area contributed by atoms with Gasteiger partial charge in [-0.25, -0.2) is 9.50 Å². The maximum absolute atomic E-state index is 13.7. The fourth-order valence-electron chi connectivity index (χ4n) is 3.99. The van der Waals surface area contributed by atoms with Gasteiger partial charge in [0.05, 0.1) is 11.7 Å². The lowest BCUT2D eigenvalue weighted by Gasteiger charge is -2.23. The number of alkyl halides is 3. The van der Waals surface area contributed by atoms with Crippen LogP contribution in [-0.4, -0.2) is 36.9 Å². The number of halogens is 3. The smallest absolute Gasteiger partial charge is 0.334 e. The van der Waals surface area contributed by atoms with Crippen molar-refractivity contribution < 1.29 is 18.0 Å². The lowest BCUT2D eigenvalue weighted by atomic mass is 10.1. The Labute approximate surface area is 178 Å². The van der Waals surface area contributed by atoms with Crippen LogP contribution in [0.2, 0.25) is 0 Å². The number of fused-ring (bicyclic) bond motifs is 1. The van der Waals surface area contributed by atoms with E-state index in [1.165, 1.54) is 0 Å². The van der Waals surface area contributed by atoms with E-state index in [-0.39, 0.29) is 23.5 Å². The van der Waals surface area contributed by atoms with E-state index in [1.54, 1.807) is 37.2 Å². The molecule has 1 aliphatic heterocycles. The topological polar surface area (TPSA) is 63.4 Å². The molecule has 3 aromatic rings. The third-order valence-electron chi connectivity index (χ3n) is 5.61. The maximum atomic E-state index is 13.7. The molecule has 0 aromatic carbocycles. The van der Waals surface area contributed by atoms with Crippen LogP contribution in [0.1, 0.15) is 67.7 Å². The number of carbonyl (C=O) groups excluding carboxylic acids is 1. The summed E-state index contributed by atoms with van der Waals surface area (Å²) < 4.78 is 41.8. The van der Waals surface area contributed by atoms with E-state index < -0.39 is 11.9 Å². The Kier molecular flexibility index (Phi) is 5.68. The van der Waals surface area contributed by atoms with Gasteiger partial charge < -0.3 is 4.90 Å². The molecule has 0 saturated carbocycles. The molecule has 4 heterocycles. The summed E-state index contributed by atoms with van der Waals surface area (Å²) in [6.07, 6.45) is 1.20. The quantitative estimate of drug-likeness (QED) is 0.594. The number of aryl methyl sites for hydroxylation is 1. The fraction of sp³-hybridized carbons (Fsp3) is 0.455. The van der Waals surface area contributed by atoms with Crippen LogP contribution in [-0.2, 0) is 17.4 Å². The lowest BCUT2D eigenvalue weighted by Crippen LogP contribution is -2.31. The first-order valence-electron chi connectivity index (χ1n) is 10.4. The highest BCUT2D eigenvalue weighted by Crippen LogP contribution is 2.35. The minimum Gasteiger partial charge on any atom is -0.334 e. The minimum atomic E-state index is -4.55. The number of rotatable bonds is 5. The molecule has 9 heteroatoms. The van der Waals surface area contributed by atoms with Crippen molar-refractivity contribution in [3.63, 3.8) is 0 Å². The van der Waals surface area contributed by atoms with Crippen LogP contribution >= 0.6 is 0 Å². The van der Waals surface area contributed by atoms with Crippen LogP contribution in [0.4, 0.5) is 13.2 Å². The molecule has 4 rings (SSSR count). The summed E-state index contributed by atoms with van der Waals surface area (Å²) in [6.45, 7) is 4.17. The number of carbonyl (C=O) groups is 1. The molecule has 3 aromatic heterocycles. The number of hydrogen-bond acceptors (Lipinski definition) is 4. The van der Waals surface area contributed by atoms with Gasteiger partial charge in [-0.2, -0.15) is 18.3 Å². The number of nitrogens with zero attached hydrogens (tertiary/aromatic N) is 5. The van der Waals surface area contributed by atoms with Crippen molar-refractivity contribution >= 4 is 11.6 Å². The molecule has 0 radical (unpaired) electrons. The van der Waals surface area contributed by atoms with E-state index in [0.717, 1.165) is 22.6 Å². The average Bonchev–Trinajstić information content (AvgIpc) is 3.37. The molecular formula is C22H24F3N5O. The second-order valence-corrected chi connectivity index (χ2v) is 8.16. The third kappa shape index (κ3) is 4.40. The molecule has 1 amide bonds. The van der Waals surface area contributed by atoms with Crippen molar-refractivity contribution in [3.05, 3.63) is 59.3 Å². The summed E-state index contributed by atoms with van der Waals surface area (Å²) in [5.74, 6) is -0.184. The molecule has 1 atom stereocenters. The van der Waals surface area contributed by atoms with Crippen LogP contribution in [0.3, 0.4) is 0 Å². The van der Waals surface area contributed by atoms with Crippen molar-refractivity contribution in [2.24, 2.45) is 0 Å². The molecular weight excluding hydrogens is 407 g/mol. The highest BCUT2D eigenvalue weighted by molar-refractivity contribution is 5.77. The highest BCUT2D eigenvalue weighted by Gasteiger charge is 2.37. The Morgan fingerprint density at radius 3 is 2.77 bits per heavy atom. The number of amides is 1. The fourth-order valence-corrected chi connectivity index (χ4v) is 3.99. The van der Waals surface area contributed by atoms with Crippen LogP contribution < -0.4 is 0 Å².